The second kappa shape index (κ2) is 7.70. The molecule has 9 heteroatoms. The average molecular weight is 399 g/mol. The van der Waals surface area contributed by atoms with Gasteiger partial charge in [0.2, 0.25) is 5.91 Å². The van der Waals surface area contributed by atoms with Crippen molar-refractivity contribution < 1.29 is 22.7 Å². The predicted octanol–water partition coefficient (Wildman–Crippen LogP) is 1.72. The molecule has 1 heterocycles. The van der Waals surface area contributed by atoms with E-state index in [4.69, 9.17) is 10.00 Å². The van der Waals surface area contributed by atoms with E-state index in [1.165, 1.54) is 30.0 Å². The Balaban J connectivity index is 1.83. The molecule has 1 N–H and O–H groups in total. The summed E-state index contributed by atoms with van der Waals surface area (Å²) >= 11 is 0. The van der Waals surface area contributed by atoms with Crippen LogP contribution in [0.4, 0.5) is 11.4 Å². The molecule has 144 valence electrons. The maximum Gasteiger partial charge on any atom is 0.331 e. The molecule has 0 spiro atoms. The Labute approximate surface area is 162 Å². The number of nitrogens with one attached hydrogen (secondary N) is 1. The monoisotopic (exact) mass is 399 g/mol. The zero-order chi connectivity index (χ0) is 20.3. The van der Waals surface area contributed by atoms with Crippen LogP contribution in [-0.4, -0.2) is 39.1 Å². The van der Waals surface area contributed by atoms with Crippen molar-refractivity contribution in [3.63, 3.8) is 0 Å². The van der Waals surface area contributed by atoms with E-state index in [1.54, 1.807) is 24.3 Å². The van der Waals surface area contributed by atoms with Crippen LogP contribution in [0.15, 0.2) is 47.4 Å². The summed E-state index contributed by atoms with van der Waals surface area (Å²) in [5.74, 6) is -1.00. The van der Waals surface area contributed by atoms with Gasteiger partial charge in [-0.2, -0.15) is 5.26 Å². The molecule has 0 bridgehead atoms. The molecule has 1 amide bonds. The molecule has 0 atom stereocenters. The maximum atomic E-state index is 12.4. The Morgan fingerprint density at radius 2 is 2.04 bits per heavy atom. The van der Waals surface area contributed by atoms with Gasteiger partial charge < -0.3 is 15.0 Å². The van der Waals surface area contributed by atoms with E-state index < -0.39 is 21.7 Å². The molecule has 1 aliphatic heterocycles. The number of hydrogen-bond acceptors (Lipinski definition) is 7. The molecule has 0 radical (unpaired) electrons. The van der Waals surface area contributed by atoms with Gasteiger partial charge >= 0.3 is 5.97 Å². The molecular formula is C19H17N3O5S. The van der Waals surface area contributed by atoms with Crippen LogP contribution in [0.25, 0.3) is 0 Å². The summed E-state index contributed by atoms with van der Waals surface area (Å²) in [6.45, 7) is 1.21. The fraction of sp³-hybridized carbons (Fsp3) is 0.211. The summed E-state index contributed by atoms with van der Waals surface area (Å²) in [7, 11) is -3.46. The first kappa shape index (κ1) is 19.4. The second-order valence-corrected chi connectivity index (χ2v) is 8.35. The highest BCUT2D eigenvalue weighted by atomic mass is 32.2. The maximum absolute atomic E-state index is 12.4. The molecule has 0 saturated heterocycles. The topological polar surface area (TPSA) is 117 Å². The fourth-order valence-corrected chi connectivity index (χ4v) is 3.68. The minimum atomic E-state index is -3.46. The molecule has 2 aromatic carbocycles. The van der Waals surface area contributed by atoms with Crippen molar-refractivity contribution in [2.45, 2.75) is 11.8 Å². The Kier molecular flexibility index (Phi) is 5.33. The molecule has 0 fully saturated rings. The van der Waals surface area contributed by atoms with Gasteiger partial charge in [-0.25, -0.2) is 13.2 Å². The van der Waals surface area contributed by atoms with Gasteiger partial charge in [-0.3, -0.25) is 4.79 Å². The number of esters is 1. The van der Waals surface area contributed by atoms with E-state index in [9.17, 15) is 18.0 Å². The number of nitriles is 1. The van der Waals surface area contributed by atoms with Gasteiger partial charge in [-0.1, -0.05) is 19.1 Å². The third-order valence-corrected chi connectivity index (χ3v) is 5.94. The van der Waals surface area contributed by atoms with E-state index in [0.717, 1.165) is 0 Å². The lowest BCUT2D eigenvalue weighted by molar-refractivity contribution is -0.133. The minimum absolute atomic E-state index is 0.0517. The van der Waals surface area contributed by atoms with Crippen molar-refractivity contribution in [2.75, 3.05) is 29.1 Å². The van der Waals surface area contributed by atoms with Crippen LogP contribution in [-0.2, 0) is 19.4 Å². The van der Waals surface area contributed by atoms with E-state index in [-0.39, 0.29) is 29.5 Å². The van der Waals surface area contributed by atoms with Crippen LogP contribution in [0.1, 0.15) is 12.5 Å². The number of sulfone groups is 1. The van der Waals surface area contributed by atoms with Crippen molar-refractivity contribution in [1.29, 1.82) is 5.26 Å². The highest BCUT2D eigenvalue weighted by Gasteiger charge is 2.27. The van der Waals surface area contributed by atoms with Crippen molar-refractivity contribution >= 4 is 33.1 Å². The second-order valence-electron chi connectivity index (χ2n) is 6.07. The van der Waals surface area contributed by atoms with Gasteiger partial charge in [0.25, 0.3) is 0 Å². The lowest BCUT2D eigenvalue weighted by Crippen LogP contribution is -2.41. The molecule has 28 heavy (non-hydrogen) atoms. The highest BCUT2D eigenvalue weighted by Crippen LogP contribution is 2.34. The van der Waals surface area contributed by atoms with Crippen molar-refractivity contribution in [1.82, 2.24) is 0 Å². The number of fused-ring (bicyclic) bond motifs is 1. The molecule has 0 unspecified atom stereocenters. The van der Waals surface area contributed by atoms with Gasteiger partial charge in [-0.15, -0.1) is 0 Å². The minimum Gasteiger partial charge on any atom is -0.423 e. The number of carbonyl (C=O) groups excluding carboxylic acids is 2. The summed E-state index contributed by atoms with van der Waals surface area (Å²) in [5.41, 5.74) is 1.14. The smallest absolute Gasteiger partial charge is 0.331 e. The Bertz CT molecular complexity index is 1090. The largest absolute Gasteiger partial charge is 0.423 e. The molecule has 3 rings (SSSR count). The quantitative estimate of drug-likeness (QED) is 0.601. The summed E-state index contributed by atoms with van der Waals surface area (Å²) in [6.07, 6.45) is 0. The Morgan fingerprint density at radius 1 is 1.29 bits per heavy atom. The van der Waals surface area contributed by atoms with E-state index in [1.807, 2.05) is 6.07 Å². The molecule has 1 aliphatic rings. The molecule has 0 aromatic heterocycles. The highest BCUT2D eigenvalue weighted by molar-refractivity contribution is 7.91. The van der Waals surface area contributed by atoms with Gasteiger partial charge in [-0.05, 0) is 24.3 Å². The van der Waals surface area contributed by atoms with Crippen LogP contribution < -0.4 is 15.0 Å². The number of ether oxygens (including phenoxy) is 1. The standard InChI is InChI=1S/C19H17N3O5S/c1-2-28(25,26)14-7-8-16-17(9-14)27-19(24)12-22(16)11-18(23)21-15-6-4-3-5-13(15)10-20/h3-9H,2,11-12H2,1H3,(H,21,23). The van der Waals surface area contributed by atoms with Gasteiger partial charge in [0, 0.05) is 6.07 Å². The van der Waals surface area contributed by atoms with Crippen LogP contribution in [0, 0.1) is 11.3 Å². The van der Waals surface area contributed by atoms with Gasteiger partial charge in [0.1, 0.15) is 12.6 Å². The molecular weight excluding hydrogens is 382 g/mol. The first-order chi connectivity index (χ1) is 13.3. The molecule has 0 saturated carbocycles. The first-order valence-corrected chi connectivity index (χ1v) is 10.1. The number of rotatable bonds is 5. The number of nitrogens with zero attached hydrogens (tertiary/aromatic N) is 2. The number of amides is 1. The Morgan fingerprint density at radius 3 is 2.75 bits per heavy atom. The summed E-state index contributed by atoms with van der Waals surface area (Å²) in [4.78, 5) is 25.9. The summed E-state index contributed by atoms with van der Waals surface area (Å²) in [5, 5.41) is 11.8. The van der Waals surface area contributed by atoms with E-state index in [2.05, 4.69) is 5.32 Å². The zero-order valence-electron chi connectivity index (χ0n) is 15.0. The lowest BCUT2D eigenvalue weighted by Gasteiger charge is -2.29. The van der Waals surface area contributed by atoms with Crippen LogP contribution in [0.3, 0.4) is 0 Å². The number of carbonyl (C=O) groups is 2. The molecule has 8 nitrogen and oxygen atoms in total. The summed E-state index contributed by atoms with van der Waals surface area (Å²) < 4.78 is 29.3. The Hall–Kier alpha value is -3.38. The van der Waals surface area contributed by atoms with Crippen LogP contribution >= 0.6 is 0 Å². The van der Waals surface area contributed by atoms with Crippen LogP contribution in [0.5, 0.6) is 5.75 Å². The third kappa shape index (κ3) is 3.97. The SMILES string of the molecule is CCS(=O)(=O)c1ccc2c(c1)OC(=O)CN2CC(=O)Nc1ccccc1C#N. The number of hydrogen-bond donors (Lipinski definition) is 1. The fourth-order valence-electron chi connectivity index (χ4n) is 2.79. The van der Waals surface area contributed by atoms with Gasteiger partial charge in [0.05, 0.1) is 34.1 Å². The third-order valence-electron chi connectivity index (χ3n) is 4.21. The van der Waals surface area contributed by atoms with E-state index >= 15 is 0 Å². The normalized spacial score (nSPS) is 13.3. The zero-order valence-corrected chi connectivity index (χ0v) is 15.8. The van der Waals surface area contributed by atoms with Crippen molar-refractivity contribution in [3.8, 4) is 11.8 Å². The molecule has 2 aromatic rings. The van der Waals surface area contributed by atoms with Gasteiger partial charge in [0.15, 0.2) is 15.6 Å². The number of para-hydroxylation sites is 1. The number of anilines is 2. The lowest BCUT2D eigenvalue weighted by atomic mass is 10.2. The van der Waals surface area contributed by atoms with Crippen molar-refractivity contribution in [3.05, 3.63) is 48.0 Å². The van der Waals surface area contributed by atoms with E-state index in [0.29, 0.717) is 16.9 Å². The van der Waals surface area contributed by atoms with Crippen LogP contribution in [0.2, 0.25) is 0 Å². The average Bonchev–Trinajstić information content (AvgIpc) is 2.67. The first-order valence-electron chi connectivity index (χ1n) is 8.45. The summed E-state index contributed by atoms with van der Waals surface area (Å²) in [6, 6.07) is 12.8. The molecule has 0 aliphatic carbocycles. The predicted molar refractivity (Wildman–Crippen MR) is 102 cm³/mol. The number of benzene rings is 2. The van der Waals surface area contributed by atoms with Crippen molar-refractivity contribution in [2.24, 2.45) is 0 Å².